The van der Waals surface area contributed by atoms with Gasteiger partial charge in [-0.25, -0.2) is 14.2 Å². The van der Waals surface area contributed by atoms with Crippen LogP contribution < -0.4 is 5.32 Å². The van der Waals surface area contributed by atoms with Crippen molar-refractivity contribution in [3.8, 4) is 0 Å². The summed E-state index contributed by atoms with van der Waals surface area (Å²) in [5.41, 5.74) is 0.369. The van der Waals surface area contributed by atoms with Crippen molar-refractivity contribution in [1.29, 1.82) is 0 Å². The second kappa shape index (κ2) is 5.43. The summed E-state index contributed by atoms with van der Waals surface area (Å²) in [6.45, 7) is 1.72. The SMILES string of the molecule is Cc1cnc(C(=O)Nc2ccc(C(=O)O)cc2F)cn1. The largest absolute Gasteiger partial charge is 0.478 e. The maximum absolute atomic E-state index is 13.6. The third-order valence-corrected chi connectivity index (χ3v) is 2.48. The van der Waals surface area contributed by atoms with Gasteiger partial charge in [0, 0.05) is 6.20 Å². The van der Waals surface area contributed by atoms with Gasteiger partial charge in [-0.15, -0.1) is 0 Å². The molecule has 1 amide bonds. The molecule has 102 valence electrons. The van der Waals surface area contributed by atoms with E-state index in [1.54, 1.807) is 6.92 Å². The van der Waals surface area contributed by atoms with Gasteiger partial charge in [-0.05, 0) is 25.1 Å². The van der Waals surface area contributed by atoms with Gasteiger partial charge >= 0.3 is 5.97 Å². The molecule has 7 heteroatoms. The molecule has 0 radical (unpaired) electrons. The number of carbonyl (C=O) groups excluding carboxylic acids is 1. The Kier molecular flexibility index (Phi) is 3.69. The lowest BCUT2D eigenvalue weighted by Gasteiger charge is -2.06. The lowest BCUT2D eigenvalue weighted by atomic mass is 10.2. The Morgan fingerprint density at radius 1 is 1.25 bits per heavy atom. The number of benzene rings is 1. The summed E-state index contributed by atoms with van der Waals surface area (Å²) < 4.78 is 13.6. The Morgan fingerprint density at radius 3 is 2.55 bits per heavy atom. The van der Waals surface area contributed by atoms with E-state index >= 15 is 0 Å². The zero-order valence-electron chi connectivity index (χ0n) is 10.4. The van der Waals surface area contributed by atoms with Gasteiger partial charge in [-0.3, -0.25) is 9.78 Å². The lowest BCUT2D eigenvalue weighted by molar-refractivity contribution is 0.0696. The smallest absolute Gasteiger partial charge is 0.335 e. The first-order chi connectivity index (χ1) is 9.47. The van der Waals surface area contributed by atoms with Crippen molar-refractivity contribution in [1.82, 2.24) is 9.97 Å². The minimum Gasteiger partial charge on any atom is -0.478 e. The van der Waals surface area contributed by atoms with E-state index in [0.29, 0.717) is 5.69 Å². The maximum Gasteiger partial charge on any atom is 0.335 e. The predicted octanol–water partition coefficient (Wildman–Crippen LogP) is 1.87. The number of rotatable bonds is 3. The third kappa shape index (κ3) is 2.94. The highest BCUT2D eigenvalue weighted by molar-refractivity contribution is 6.03. The van der Waals surface area contributed by atoms with Gasteiger partial charge in [0.25, 0.3) is 5.91 Å². The van der Waals surface area contributed by atoms with Crippen molar-refractivity contribution in [3.63, 3.8) is 0 Å². The number of aromatic carboxylic acids is 1. The van der Waals surface area contributed by atoms with Gasteiger partial charge < -0.3 is 10.4 Å². The van der Waals surface area contributed by atoms with Crippen LogP contribution in [0.15, 0.2) is 30.6 Å². The number of aromatic nitrogens is 2. The van der Waals surface area contributed by atoms with E-state index in [1.807, 2.05) is 0 Å². The van der Waals surface area contributed by atoms with Crippen LogP contribution in [0.4, 0.5) is 10.1 Å². The van der Waals surface area contributed by atoms with E-state index in [2.05, 4.69) is 15.3 Å². The van der Waals surface area contributed by atoms with Crippen LogP contribution in [-0.2, 0) is 0 Å². The second-order valence-electron chi connectivity index (χ2n) is 4.00. The first-order valence-electron chi connectivity index (χ1n) is 5.60. The molecule has 0 aliphatic carbocycles. The molecule has 0 aliphatic rings. The highest BCUT2D eigenvalue weighted by Crippen LogP contribution is 2.16. The summed E-state index contributed by atoms with van der Waals surface area (Å²) >= 11 is 0. The molecule has 0 bridgehead atoms. The van der Waals surface area contributed by atoms with Crippen molar-refractivity contribution in [2.45, 2.75) is 6.92 Å². The molecule has 0 aliphatic heterocycles. The molecule has 20 heavy (non-hydrogen) atoms. The molecule has 1 aromatic carbocycles. The van der Waals surface area contributed by atoms with Crippen LogP contribution in [0.2, 0.25) is 0 Å². The number of aryl methyl sites for hydroxylation is 1. The fourth-order valence-electron chi connectivity index (χ4n) is 1.45. The van der Waals surface area contributed by atoms with Crippen LogP contribution in [0.5, 0.6) is 0 Å². The van der Waals surface area contributed by atoms with Gasteiger partial charge in [0.2, 0.25) is 0 Å². The Balaban J connectivity index is 2.19. The van der Waals surface area contributed by atoms with E-state index in [1.165, 1.54) is 24.5 Å². The van der Waals surface area contributed by atoms with Crippen LogP contribution in [0.3, 0.4) is 0 Å². The number of anilines is 1. The summed E-state index contributed by atoms with van der Waals surface area (Å²) in [7, 11) is 0. The number of carbonyl (C=O) groups is 2. The monoisotopic (exact) mass is 275 g/mol. The number of hydrogen-bond acceptors (Lipinski definition) is 4. The van der Waals surface area contributed by atoms with Crippen LogP contribution >= 0.6 is 0 Å². The Hall–Kier alpha value is -2.83. The molecular formula is C13H10FN3O3. The Morgan fingerprint density at radius 2 is 2.00 bits per heavy atom. The summed E-state index contributed by atoms with van der Waals surface area (Å²) in [6, 6.07) is 3.21. The van der Waals surface area contributed by atoms with Crippen LogP contribution in [0, 0.1) is 12.7 Å². The minimum atomic E-state index is -1.24. The van der Waals surface area contributed by atoms with Gasteiger partial charge in [0.05, 0.1) is 23.1 Å². The van der Waals surface area contributed by atoms with Gasteiger partial charge in [0.1, 0.15) is 11.5 Å². The number of amides is 1. The quantitative estimate of drug-likeness (QED) is 0.892. The minimum absolute atomic E-state index is 0.0392. The first-order valence-corrected chi connectivity index (χ1v) is 5.60. The average Bonchev–Trinajstić information content (AvgIpc) is 2.41. The molecule has 2 N–H and O–H groups in total. The number of nitrogens with zero attached hydrogens (tertiary/aromatic N) is 2. The maximum atomic E-state index is 13.6. The van der Waals surface area contributed by atoms with E-state index in [9.17, 15) is 14.0 Å². The van der Waals surface area contributed by atoms with Gasteiger partial charge in [0.15, 0.2) is 0 Å². The lowest BCUT2D eigenvalue weighted by Crippen LogP contribution is -2.15. The van der Waals surface area contributed by atoms with Crippen LogP contribution in [0.25, 0.3) is 0 Å². The number of hydrogen-bond donors (Lipinski definition) is 2. The molecule has 0 atom stereocenters. The number of nitrogens with one attached hydrogen (secondary N) is 1. The molecule has 2 aromatic rings. The highest BCUT2D eigenvalue weighted by Gasteiger charge is 2.13. The molecular weight excluding hydrogens is 265 g/mol. The van der Waals surface area contributed by atoms with E-state index < -0.39 is 17.7 Å². The second-order valence-corrected chi connectivity index (χ2v) is 4.00. The zero-order valence-corrected chi connectivity index (χ0v) is 10.4. The number of carboxylic acid groups (broad SMARTS) is 1. The van der Waals surface area contributed by atoms with E-state index in [4.69, 9.17) is 5.11 Å². The topological polar surface area (TPSA) is 92.2 Å². The van der Waals surface area contributed by atoms with E-state index in [0.717, 1.165) is 6.07 Å². The fraction of sp³-hybridized carbons (Fsp3) is 0.0769. The van der Waals surface area contributed by atoms with Crippen LogP contribution in [0.1, 0.15) is 26.5 Å². The van der Waals surface area contributed by atoms with Crippen molar-refractivity contribution in [2.75, 3.05) is 5.32 Å². The normalized spacial score (nSPS) is 10.1. The summed E-state index contributed by atoms with van der Waals surface area (Å²) in [6.07, 6.45) is 2.69. The number of carboxylic acids is 1. The summed E-state index contributed by atoms with van der Waals surface area (Å²) in [5, 5.41) is 11.0. The van der Waals surface area contributed by atoms with Gasteiger partial charge in [-0.1, -0.05) is 0 Å². The molecule has 0 saturated heterocycles. The van der Waals surface area contributed by atoms with Crippen molar-refractivity contribution in [3.05, 3.63) is 53.4 Å². The van der Waals surface area contributed by atoms with Crippen LogP contribution in [-0.4, -0.2) is 27.0 Å². The molecule has 0 saturated carbocycles. The zero-order chi connectivity index (χ0) is 14.7. The van der Waals surface area contributed by atoms with Crippen molar-refractivity contribution in [2.24, 2.45) is 0 Å². The van der Waals surface area contributed by atoms with E-state index in [-0.39, 0.29) is 16.9 Å². The average molecular weight is 275 g/mol. The van der Waals surface area contributed by atoms with Crippen molar-refractivity contribution < 1.29 is 19.1 Å². The molecule has 0 fully saturated rings. The summed E-state index contributed by atoms with van der Waals surface area (Å²) in [5.74, 6) is -2.70. The third-order valence-electron chi connectivity index (χ3n) is 2.48. The fourth-order valence-corrected chi connectivity index (χ4v) is 1.45. The Labute approximate surface area is 113 Å². The molecule has 6 nitrogen and oxygen atoms in total. The molecule has 0 unspecified atom stereocenters. The Bertz CT molecular complexity index is 671. The molecule has 1 aromatic heterocycles. The van der Waals surface area contributed by atoms with Gasteiger partial charge in [-0.2, -0.15) is 0 Å². The predicted molar refractivity (Wildman–Crippen MR) is 68.1 cm³/mol. The van der Waals surface area contributed by atoms with Crippen molar-refractivity contribution >= 4 is 17.6 Å². The summed E-state index contributed by atoms with van der Waals surface area (Å²) in [4.78, 5) is 30.2. The number of halogens is 1. The standard InChI is InChI=1S/C13H10FN3O3/c1-7-5-16-11(6-15-7)12(18)17-10-3-2-8(13(19)20)4-9(10)14/h2-6H,1H3,(H,17,18)(H,19,20). The molecule has 1 heterocycles. The molecule has 2 rings (SSSR count). The molecule has 0 spiro atoms. The first kappa shape index (κ1) is 13.6. The highest BCUT2D eigenvalue weighted by atomic mass is 19.1.